The van der Waals surface area contributed by atoms with E-state index < -0.39 is 73.0 Å². The number of azide groups is 1. The van der Waals surface area contributed by atoms with Gasteiger partial charge in [0.2, 0.25) is 11.3 Å². The van der Waals surface area contributed by atoms with Gasteiger partial charge in [-0.2, -0.15) is 8.62 Å². The van der Waals surface area contributed by atoms with Gasteiger partial charge in [-0.1, -0.05) is 38.5 Å². The molecule has 1 saturated heterocycles. The Morgan fingerprint density at radius 2 is 1.69 bits per heavy atom. The number of benzene rings is 3. The van der Waals surface area contributed by atoms with Crippen LogP contribution in [0.2, 0.25) is 0 Å². The van der Waals surface area contributed by atoms with Crippen LogP contribution in [0.1, 0.15) is 97.8 Å². The third kappa shape index (κ3) is 12.7. The number of hydrogen-bond donors (Lipinski definition) is 8. The molecule has 0 radical (unpaired) electrons. The lowest BCUT2D eigenvalue weighted by atomic mass is 9.81. The summed E-state index contributed by atoms with van der Waals surface area (Å²) in [6, 6.07) is 8.78. The number of aromatic carboxylic acids is 1. The lowest BCUT2D eigenvalue weighted by Crippen LogP contribution is -2.45. The highest BCUT2D eigenvalue weighted by molar-refractivity contribution is 8.76. The molecule has 458 valence electrons. The number of ether oxygens (including phenoxy) is 3. The summed E-state index contributed by atoms with van der Waals surface area (Å²) in [7, 11) is -13.9. The zero-order chi connectivity index (χ0) is 60.9. The maximum atomic E-state index is 14.0. The molecule has 0 spiro atoms. The minimum atomic E-state index is -5.78. The molecule has 7 aliphatic rings. The average molecular weight is 1290 g/mol. The number of carbonyl (C=O) groups is 3. The molecule has 2 amide bonds. The van der Waals surface area contributed by atoms with Crippen molar-refractivity contribution in [3.63, 3.8) is 0 Å². The number of phosphoric acid groups is 3. The maximum Gasteiger partial charge on any atom is 0.490 e. The molecule has 1 aliphatic carbocycles. The third-order valence-corrected chi connectivity index (χ3v) is 22.5. The lowest BCUT2D eigenvalue weighted by Gasteiger charge is -2.39. The lowest BCUT2D eigenvalue weighted by molar-refractivity contribution is -0.120. The summed E-state index contributed by atoms with van der Waals surface area (Å²) in [5.41, 5.74) is 24.6. The first kappa shape index (κ1) is 60.9. The van der Waals surface area contributed by atoms with Gasteiger partial charge in [0, 0.05) is 106 Å². The third-order valence-electron chi connectivity index (χ3n) is 16.2. The van der Waals surface area contributed by atoms with Crippen LogP contribution in [0.25, 0.3) is 27.0 Å². The van der Waals surface area contributed by atoms with Crippen molar-refractivity contribution in [1.82, 2.24) is 29.7 Å². The Labute approximate surface area is 503 Å². The minimum absolute atomic E-state index is 0.0158. The number of anilines is 2. The standard InChI is InChI=1S/C54H58N11O17P3S2/c55-51-41-32(25-65(52(41)60-27-59-51)46-43-49(77-28-61-62-56)39(79-50(43)46)26-78-84(73,74)82-85(75,76)81-83(70,71)72)6-1-14-57-40(66)13-20-86-87-21-15-58-53(67)31-11-12-33(54(68)69)36(24-31)42-37-22-29-7-2-16-63-18-4-9-34(44(29)63)47(37)80-48-35-10-5-19-64-17-3-8-30(45(35)64)23-38(42)48/h11-12,22-25,27,39,43,46,49-50H,2-5,7-10,13-21,26,28H2,(H8-,55,57,58,59,60,66,67,68,69,70,71,72,73,74,75,76)/p+1/t39-,43+,46?,49-,50-/m1/s1. The van der Waals surface area contributed by atoms with Gasteiger partial charge in [0.1, 0.15) is 55.2 Å². The summed E-state index contributed by atoms with van der Waals surface area (Å²) >= 11 is 0. The molecule has 6 aliphatic heterocycles. The predicted octanol–water partition coefficient (Wildman–Crippen LogP) is 4.75. The van der Waals surface area contributed by atoms with Crippen molar-refractivity contribution in [2.75, 3.05) is 74.7 Å². The zero-order valence-corrected chi connectivity index (χ0v) is 50.6. The van der Waals surface area contributed by atoms with E-state index in [0.29, 0.717) is 45.8 Å². The largest absolute Gasteiger partial charge is 0.490 e. The predicted molar refractivity (Wildman–Crippen MR) is 317 cm³/mol. The number of nitrogen functional groups attached to an aromatic ring is 1. The highest BCUT2D eigenvalue weighted by Crippen LogP contribution is 2.67. The van der Waals surface area contributed by atoms with Crippen LogP contribution >= 0.6 is 45.1 Å². The van der Waals surface area contributed by atoms with Gasteiger partial charge >= 0.3 is 29.4 Å². The van der Waals surface area contributed by atoms with Gasteiger partial charge in [-0.25, -0.2) is 33.0 Å². The molecule has 33 heteroatoms. The molecule has 3 aromatic carbocycles. The molecule has 2 aromatic heterocycles. The van der Waals surface area contributed by atoms with Crippen LogP contribution in [-0.4, -0.2) is 139 Å². The normalized spacial score (nSPS) is 21.7. The molecule has 0 bridgehead atoms. The Hall–Kier alpha value is -6.34. The van der Waals surface area contributed by atoms with Gasteiger partial charge in [-0.15, -0.1) is 0 Å². The van der Waals surface area contributed by atoms with E-state index >= 15 is 0 Å². The zero-order valence-electron chi connectivity index (χ0n) is 46.3. The average Bonchev–Trinajstić information content (AvgIpc) is 1.72. The molecule has 87 heavy (non-hydrogen) atoms. The van der Waals surface area contributed by atoms with Crippen LogP contribution in [-0.2, 0) is 66.8 Å². The molecule has 3 unspecified atom stereocenters. The second-order valence-electron chi connectivity index (χ2n) is 21.6. The van der Waals surface area contributed by atoms with Crippen molar-refractivity contribution in [3.8, 4) is 23.3 Å². The summed E-state index contributed by atoms with van der Waals surface area (Å²) in [5.74, 6) is 6.49. The molecular weight excluding hydrogens is 1230 g/mol. The summed E-state index contributed by atoms with van der Waals surface area (Å²) in [6.45, 7) is 2.99. The Kier molecular flexibility index (Phi) is 17.4. The summed E-state index contributed by atoms with van der Waals surface area (Å²) < 4.78 is 70.9. The summed E-state index contributed by atoms with van der Waals surface area (Å²) in [4.78, 5) is 90.9. The number of rotatable bonds is 22. The quantitative estimate of drug-likeness (QED) is 0.00664. The van der Waals surface area contributed by atoms with E-state index in [1.807, 2.05) is 0 Å². The molecule has 8 heterocycles. The number of aryl methyl sites for hydroxylation is 2. The van der Waals surface area contributed by atoms with Crippen molar-refractivity contribution in [2.45, 2.75) is 82.1 Å². The monoisotopic (exact) mass is 1290 g/mol. The number of carboxylic acids is 1. The molecule has 2 fully saturated rings. The fourth-order valence-electron chi connectivity index (χ4n) is 12.9. The Morgan fingerprint density at radius 1 is 0.920 bits per heavy atom. The van der Waals surface area contributed by atoms with Gasteiger partial charge in [0.15, 0.2) is 0 Å². The van der Waals surface area contributed by atoms with E-state index in [2.05, 4.69) is 72.7 Å². The summed E-state index contributed by atoms with van der Waals surface area (Å²) in [6.07, 6.45) is 7.95. The van der Waals surface area contributed by atoms with Crippen molar-refractivity contribution in [3.05, 3.63) is 114 Å². The SMILES string of the molecule is [N-]=[N+]=NCO[C@H]1[C@@H]2C(n3cc(C#CCNC(=O)CCSSCCNC(=O)c4ccc(C(=O)O)c(C5=c6cc7c8c(c6Oc6c5cc5c9c6CCCN9CCC5)CCC[N+]=8CCC7)c4)c4c(N)ncnc43)[C@@H]2O[C@@H]1COP(=O)(O)OP(=O)(O)OP(=O)(O)O. The van der Waals surface area contributed by atoms with Crippen molar-refractivity contribution < 1.29 is 80.1 Å². The number of carbonyl (C=O) groups excluding carboxylic acids is 2. The number of fused-ring (bicyclic) bond motifs is 6. The van der Waals surface area contributed by atoms with Gasteiger partial charge in [-0.3, -0.25) is 14.1 Å². The molecule has 1 saturated carbocycles. The fraction of sp³-hybridized carbons (Fsp3) is 0.444. The van der Waals surface area contributed by atoms with Crippen LogP contribution in [0.5, 0.6) is 11.5 Å². The smallest absolute Gasteiger partial charge is 0.478 e. The molecule has 7 atom stereocenters. The Bertz CT molecular complexity index is 4090. The molecule has 28 nitrogen and oxygen atoms in total. The van der Waals surface area contributed by atoms with Gasteiger partial charge in [0.05, 0.1) is 53.5 Å². The van der Waals surface area contributed by atoms with Crippen LogP contribution in [0.3, 0.4) is 0 Å². The molecule has 5 aromatic rings. The van der Waals surface area contributed by atoms with E-state index in [1.165, 1.54) is 67.3 Å². The Balaban J connectivity index is 0.659. The number of nitrogens with one attached hydrogen (secondary N) is 2. The van der Waals surface area contributed by atoms with Gasteiger partial charge in [0.25, 0.3) is 5.91 Å². The number of nitrogens with zero attached hydrogens (tertiary/aromatic N) is 8. The van der Waals surface area contributed by atoms with Crippen LogP contribution in [0, 0.1) is 17.8 Å². The van der Waals surface area contributed by atoms with Crippen LogP contribution in [0.15, 0.2) is 48.0 Å². The Morgan fingerprint density at radius 3 is 2.48 bits per heavy atom. The van der Waals surface area contributed by atoms with E-state index in [0.717, 1.165) is 105 Å². The minimum Gasteiger partial charge on any atom is -0.478 e. The van der Waals surface area contributed by atoms with E-state index in [4.69, 9.17) is 39.8 Å². The number of amides is 2. The first-order chi connectivity index (χ1) is 41.8. The number of aromatic nitrogens is 3. The fourth-order valence-corrected chi connectivity index (χ4v) is 17.9. The molecular formula is C54H59N11O17P3S2+. The highest BCUT2D eigenvalue weighted by atomic mass is 33.1. The summed E-state index contributed by atoms with van der Waals surface area (Å²) in [5, 5.41) is 22.5. The number of phosphoric ester groups is 1. The highest BCUT2D eigenvalue weighted by Gasteiger charge is 2.66. The van der Waals surface area contributed by atoms with E-state index in [-0.39, 0.29) is 36.2 Å². The van der Waals surface area contributed by atoms with E-state index in [1.54, 1.807) is 22.9 Å². The first-order valence-electron chi connectivity index (χ1n) is 28.0. The number of hydrogen-bond acceptors (Lipinski definition) is 19. The second-order valence-corrected chi connectivity index (χ2v) is 28.8. The molecule has 12 rings (SSSR count). The van der Waals surface area contributed by atoms with Crippen LogP contribution in [0.4, 0.5) is 11.5 Å². The topological polar surface area (TPSA) is 395 Å². The van der Waals surface area contributed by atoms with Gasteiger partial charge in [-0.05, 0) is 85.5 Å². The van der Waals surface area contributed by atoms with Gasteiger partial charge < -0.3 is 64.7 Å². The molecule has 9 N–H and O–H groups in total. The van der Waals surface area contributed by atoms with E-state index in [9.17, 15) is 43.0 Å². The number of carboxylic acid groups (broad SMARTS) is 1. The van der Waals surface area contributed by atoms with Crippen LogP contribution < -0.4 is 41.2 Å². The van der Waals surface area contributed by atoms with Crippen molar-refractivity contribution >= 4 is 91.0 Å². The second kappa shape index (κ2) is 24.9. The maximum absolute atomic E-state index is 14.0. The first-order valence-corrected chi connectivity index (χ1v) is 35.0. The van der Waals surface area contributed by atoms with Crippen molar-refractivity contribution in [1.29, 1.82) is 0 Å². The van der Waals surface area contributed by atoms with Crippen molar-refractivity contribution in [2.24, 2.45) is 11.0 Å². The number of nitrogens with two attached hydrogens (primary N) is 1.